The predicted molar refractivity (Wildman–Crippen MR) is 54.7 cm³/mol. The van der Waals surface area contributed by atoms with Crippen LogP contribution in [-0.2, 0) is 11.2 Å². The van der Waals surface area contributed by atoms with Gasteiger partial charge in [0.15, 0.2) is 0 Å². The highest BCUT2D eigenvalue weighted by Crippen LogP contribution is 2.45. The molecule has 0 unspecified atom stereocenters. The first-order chi connectivity index (χ1) is 6.34. The van der Waals surface area contributed by atoms with Gasteiger partial charge < -0.3 is 4.74 Å². The molecule has 0 amide bonds. The summed E-state index contributed by atoms with van der Waals surface area (Å²) in [6.07, 6.45) is 4.67. The minimum atomic E-state index is 0.422. The van der Waals surface area contributed by atoms with Gasteiger partial charge in [-0.15, -0.1) is 0 Å². The highest BCUT2D eigenvalue weighted by Gasteiger charge is 2.42. The normalized spacial score (nSPS) is 30.2. The van der Waals surface area contributed by atoms with E-state index in [4.69, 9.17) is 4.74 Å². The van der Waals surface area contributed by atoms with E-state index in [0.29, 0.717) is 12.2 Å². The molecular weight excluding hydrogens is 228 g/mol. The molecule has 1 aliphatic heterocycles. The Morgan fingerprint density at radius 1 is 1.38 bits per heavy atom. The summed E-state index contributed by atoms with van der Waals surface area (Å²) in [7, 11) is 0. The van der Waals surface area contributed by atoms with Crippen molar-refractivity contribution in [2.75, 3.05) is 0 Å². The maximum Gasteiger partial charge on any atom is 0.109 e. The van der Waals surface area contributed by atoms with Crippen molar-refractivity contribution in [3.63, 3.8) is 0 Å². The van der Waals surface area contributed by atoms with E-state index in [1.54, 1.807) is 0 Å². The number of ether oxygens (including phenoxy) is 1. The van der Waals surface area contributed by atoms with E-state index in [-0.39, 0.29) is 0 Å². The fraction of sp³-hybridized carbons (Fsp3) is 0.455. The molecule has 1 aliphatic carbocycles. The molecule has 0 spiro atoms. The van der Waals surface area contributed by atoms with E-state index in [9.17, 15) is 0 Å². The van der Waals surface area contributed by atoms with Gasteiger partial charge in [0, 0.05) is 4.47 Å². The summed E-state index contributed by atoms with van der Waals surface area (Å²) < 4.78 is 6.79. The van der Waals surface area contributed by atoms with Crippen LogP contribution in [0.3, 0.4) is 0 Å². The van der Waals surface area contributed by atoms with Crippen molar-refractivity contribution < 1.29 is 4.74 Å². The fourth-order valence-electron chi connectivity index (χ4n) is 2.20. The Labute approximate surface area is 86.2 Å². The van der Waals surface area contributed by atoms with Crippen molar-refractivity contribution >= 4 is 15.9 Å². The zero-order valence-electron chi connectivity index (χ0n) is 7.29. The molecule has 1 fully saturated rings. The molecule has 2 atom stereocenters. The highest BCUT2D eigenvalue weighted by atomic mass is 79.9. The molecule has 0 aromatic heterocycles. The number of halogens is 1. The minimum Gasteiger partial charge on any atom is -0.364 e. The smallest absolute Gasteiger partial charge is 0.109 e. The van der Waals surface area contributed by atoms with Gasteiger partial charge >= 0.3 is 0 Å². The molecule has 13 heavy (non-hydrogen) atoms. The first kappa shape index (κ1) is 8.01. The lowest BCUT2D eigenvalue weighted by molar-refractivity contribution is 0.357. The molecule has 68 valence electrons. The van der Waals surface area contributed by atoms with Crippen LogP contribution in [0, 0.1) is 0 Å². The lowest BCUT2D eigenvalue weighted by Crippen LogP contribution is -1.90. The number of hydrogen-bond donors (Lipinski definition) is 0. The zero-order chi connectivity index (χ0) is 8.84. The van der Waals surface area contributed by atoms with Crippen LogP contribution in [0.4, 0.5) is 0 Å². The van der Waals surface area contributed by atoms with Gasteiger partial charge in [-0.25, -0.2) is 0 Å². The zero-order valence-corrected chi connectivity index (χ0v) is 8.88. The molecular formula is C11H11BrO. The third-order valence-corrected chi connectivity index (χ3v) is 3.42. The van der Waals surface area contributed by atoms with E-state index in [1.165, 1.54) is 34.9 Å². The average molecular weight is 239 g/mol. The van der Waals surface area contributed by atoms with Crippen LogP contribution < -0.4 is 0 Å². The van der Waals surface area contributed by atoms with Gasteiger partial charge in [0.1, 0.15) is 6.10 Å². The van der Waals surface area contributed by atoms with Crippen molar-refractivity contribution in [1.29, 1.82) is 0 Å². The lowest BCUT2D eigenvalue weighted by Gasteiger charge is -2.05. The Balaban J connectivity index is 2.08. The van der Waals surface area contributed by atoms with E-state index in [1.807, 2.05) is 0 Å². The summed E-state index contributed by atoms with van der Waals surface area (Å²) in [6.45, 7) is 0. The molecule has 1 nitrogen and oxygen atoms in total. The quantitative estimate of drug-likeness (QED) is 0.633. The lowest BCUT2D eigenvalue weighted by atomic mass is 10.0. The van der Waals surface area contributed by atoms with Crippen molar-refractivity contribution in [2.24, 2.45) is 0 Å². The molecule has 3 rings (SSSR count). The number of fused-ring (bicyclic) bond motifs is 3. The van der Waals surface area contributed by atoms with Gasteiger partial charge in [-0.1, -0.05) is 22.0 Å². The van der Waals surface area contributed by atoms with Gasteiger partial charge in [0.2, 0.25) is 0 Å². The van der Waals surface area contributed by atoms with E-state index < -0.39 is 0 Å². The largest absolute Gasteiger partial charge is 0.364 e. The SMILES string of the molecule is Brc1ccc2c(c1)CCC[C@@H]1O[C@@H]21. The predicted octanol–water partition coefficient (Wildman–Crippen LogP) is 3.23. The number of hydrogen-bond acceptors (Lipinski definition) is 1. The van der Waals surface area contributed by atoms with E-state index in [2.05, 4.69) is 34.1 Å². The van der Waals surface area contributed by atoms with Gasteiger partial charge in [0.25, 0.3) is 0 Å². The summed E-state index contributed by atoms with van der Waals surface area (Å²) in [5.74, 6) is 0. The third-order valence-electron chi connectivity index (χ3n) is 2.93. The van der Waals surface area contributed by atoms with Crippen LogP contribution in [0.5, 0.6) is 0 Å². The minimum absolute atomic E-state index is 0.422. The van der Waals surface area contributed by atoms with Gasteiger partial charge in [-0.2, -0.15) is 0 Å². The van der Waals surface area contributed by atoms with Gasteiger partial charge in [0.05, 0.1) is 6.10 Å². The van der Waals surface area contributed by atoms with Crippen molar-refractivity contribution in [1.82, 2.24) is 0 Å². The summed E-state index contributed by atoms with van der Waals surface area (Å²) in [5.41, 5.74) is 2.89. The maximum atomic E-state index is 5.61. The van der Waals surface area contributed by atoms with Crippen molar-refractivity contribution in [2.45, 2.75) is 31.5 Å². The number of epoxide rings is 1. The second kappa shape index (κ2) is 2.82. The molecule has 2 aliphatic rings. The second-order valence-electron chi connectivity index (χ2n) is 3.83. The Morgan fingerprint density at radius 3 is 3.23 bits per heavy atom. The first-order valence-electron chi connectivity index (χ1n) is 4.78. The molecule has 2 heteroatoms. The monoisotopic (exact) mass is 238 g/mol. The van der Waals surface area contributed by atoms with E-state index >= 15 is 0 Å². The second-order valence-corrected chi connectivity index (χ2v) is 4.75. The van der Waals surface area contributed by atoms with Crippen molar-refractivity contribution in [3.8, 4) is 0 Å². The third kappa shape index (κ3) is 1.32. The van der Waals surface area contributed by atoms with Gasteiger partial charge in [-0.3, -0.25) is 0 Å². The highest BCUT2D eigenvalue weighted by molar-refractivity contribution is 9.10. The average Bonchev–Trinajstić information content (AvgIpc) is 2.82. The van der Waals surface area contributed by atoms with Crippen LogP contribution >= 0.6 is 15.9 Å². The molecule has 0 saturated carbocycles. The summed E-state index contributed by atoms with van der Waals surface area (Å²) in [6, 6.07) is 6.55. The molecule has 0 N–H and O–H groups in total. The van der Waals surface area contributed by atoms with Crippen LogP contribution in [-0.4, -0.2) is 6.10 Å². The summed E-state index contributed by atoms with van der Waals surface area (Å²) >= 11 is 3.51. The number of benzene rings is 1. The molecule has 1 heterocycles. The molecule has 0 bridgehead atoms. The van der Waals surface area contributed by atoms with Crippen molar-refractivity contribution in [3.05, 3.63) is 33.8 Å². The summed E-state index contributed by atoms with van der Waals surface area (Å²) in [4.78, 5) is 0. The Kier molecular flexibility index (Phi) is 1.74. The molecule has 1 aromatic rings. The number of aryl methyl sites for hydroxylation is 1. The molecule has 1 saturated heterocycles. The van der Waals surface area contributed by atoms with Crippen LogP contribution in [0.1, 0.15) is 30.1 Å². The van der Waals surface area contributed by atoms with Crippen LogP contribution in [0.15, 0.2) is 22.7 Å². The van der Waals surface area contributed by atoms with E-state index in [0.717, 1.165) is 0 Å². The maximum absolute atomic E-state index is 5.61. The topological polar surface area (TPSA) is 12.5 Å². The van der Waals surface area contributed by atoms with Gasteiger partial charge in [-0.05, 0) is 42.5 Å². The van der Waals surface area contributed by atoms with Crippen LogP contribution in [0.2, 0.25) is 0 Å². The molecule has 1 aromatic carbocycles. The summed E-state index contributed by atoms with van der Waals surface area (Å²) in [5, 5.41) is 0. The Bertz CT molecular complexity index is 348. The first-order valence-corrected chi connectivity index (χ1v) is 5.58. The molecule has 0 radical (unpaired) electrons. The Morgan fingerprint density at radius 2 is 2.31 bits per heavy atom. The van der Waals surface area contributed by atoms with Crippen LogP contribution in [0.25, 0.3) is 0 Å². The number of rotatable bonds is 0. The standard InChI is InChI=1S/C11H11BrO/c12-8-4-5-9-7(6-8)2-1-3-10-11(9)13-10/h4-6,10-11H,1-3H2/t10-,11-/m0/s1. The Hall–Kier alpha value is -0.340. The fourth-order valence-corrected chi connectivity index (χ4v) is 2.61.